The molecule has 0 heterocycles. The maximum atomic E-state index is 12.0. The van der Waals surface area contributed by atoms with Gasteiger partial charge in [0.1, 0.15) is 0 Å². The first-order valence-electron chi connectivity index (χ1n) is 17.5. The Morgan fingerprint density at radius 2 is 1.45 bits per heavy atom. The lowest BCUT2D eigenvalue weighted by Crippen LogP contribution is -2.54. The van der Waals surface area contributed by atoms with Gasteiger partial charge in [-0.15, -0.1) is 6.58 Å². The fourth-order valence-corrected chi connectivity index (χ4v) is 11.1. The molecule has 6 rings (SSSR count). The second-order valence-electron chi connectivity index (χ2n) is 16.8. The molecule has 44 heavy (non-hydrogen) atoms. The summed E-state index contributed by atoms with van der Waals surface area (Å²) in [6.07, 6.45) is 17.1. The predicted octanol–water partition coefficient (Wildman–Crippen LogP) is 10.1. The van der Waals surface area contributed by atoms with Crippen molar-refractivity contribution < 1.29 is 19.8 Å². The highest BCUT2D eigenvalue weighted by Crippen LogP contribution is 2.64. The zero-order chi connectivity index (χ0) is 32.3. The van der Waals surface area contributed by atoms with Gasteiger partial charge in [0.2, 0.25) is 0 Å². The minimum absolute atomic E-state index is 0.0223. The van der Waals surface area contributed by atoms with Gasteiger partial charge in [0.25, 0.3) is 0 Å². The Bertz CT molecular complexity index is 1340. The molecule has 2 N–H and O–H groups in total. The minimum atomic E-state index is -0.606. The van der Waals surface area contributed by atoms with E-state index in [0.29, 0.717) is 17.8 Å². The van der Waals surface area contributed by atoms with Crippen molar-refractivity contribution in [3.8, 4) is 0 Å². The van der Waals surface area contributed by atoms with Gasteiger partial charge >= 0.3 is 11.9 Å². The topological polar surface area (TPSA) is 74.6 Å². The van der Waals surface area contributed by atoms with Crippen LogP contribution in [-0.2, 0) is 21.4 Å². The first-order valence-corrected chi connectivity index (χ1v) is 17.5. The summed E-state index contributed by atoms with van der Waals surface area (Å²) in [6.45, 7) is 19.4. The van der Waals surface area contributed by atoms with E-state index < -0.39 is 22.8 Å². The van der Waals surface area contributed by atoms with Crippen LogP contribution in [0.25, 0.3) is 0 Å². The Kier molecular flexibility index (Phi) is 8.60. The Morgan fingerprint density at radius 3 is 2.07 bits per heavy atom. The highest BCUT2D eigenvalue weighted by molar-refractivity contribution is 5.76. The largest absolute Gasteiger partial charge is 0.481 e. The van der Waals surface area contributed by atoms with Gasteiger partial charge in [0.15, 0.2) is 0 Å². The van der Waals surface area contributed by atoms with Crippen LogP contribution in [0.5, 0.6) is 0 Å². The van der Waals surface area contributed by atoms with E-state index in [1.165, 1.54) is 29.5 Å². The Labute approximate surface area is 266 Å². The number of carboxylic acids is 2. The molecule has 4 nitrogen and oxygen atoms in total. The molecule has 242 valence electrons. The fraction of sp³-hybridized carbons (Fsp3) is 0.700. The molecule has 8 unspecified atom stereocenters. The summed E-state index contributed by atoms with van der Waals surface area (Å²) < 4.78 is 0. The number of benzene rings is 1. The van der Waals surface area contributed by atoms with Crippen molar-refractivity contribution in [2.75, 3.05) is 0 Å². The van der Waals surface area contributed by atoms with E-state index in [1.807, 2.05) is 13.8 Å². The number of fused-ring (bicyclic) bond motifs is 6. The molecule has 0 aliphatic heterocycles. The van der Waals surface area contributed by atoms with Gasteiger partial charge in [-0.05, 0) is 129 Å². The summed E-state index contributed by atoms with van der Waals surface area (Å²) in [5.41, 5.74) is 5.09. The molecule has 1 aromatic rings. The number of aryl methyl sites for hydroxylation is 1. The highest BCUT2D eigenvalue weighted by Gasteiger charge is 2.58. The standard InChI is InChI=1S/C20H28O2.C20H30O2/c1-13(2)14-6-8-16-15(12-14)7-9-17-19(16,3)10-5-11-20(17,4)18(21)22;1-5-18(2)12-9-15-14(13-18)7-8-16-19(15,3)10-6-11-20(16,4)17(21)22/h6,8,12-13,17H,5,7,9-11H2,1-4H3,(H,21,22);5,13,15-16H,1,6-12H2,2-4H3,(H,21,22). The lowest BCUT2D eigenvalue weighted by atomic mass is 9.45. The van der Waals surface area contributed by atoms with Crippen LogP contribution in [0.3, 0.4) is 0 Å². The molecule has 0 radical (unpaired) electrons. The molecule has 0 amide bonds. The van der Waals surface area contributed by atoms with Crippen molar-refractivity contribution in [3.63, 3.8) is 0 Å². The first kappa shape index (κ1) is 33.0. The van der Waals surface area contributed by atoms with Gasteiger partial charge < -0.3 is 10.2 Å². The maximum absolute atomic E-state index is 12.0. The summed E-state index contributed by atoms with van der Waals surface area (Å²) in [6, 6.07) is 6.92. The van der Waals surface area contributed by atoms with E-state index in [-0.39, 0.29) is 22.2 Å². The van der Waals surface area contributed by atoms with E-state index in [1.54, 1.807) is 5.57 Å². The lowest BCUT2D eigenvalue weighted by molar-refractivity contribution is -0.164. The Hall–Kier alpha value is -2.36. The van der Waals surface area contributed by atoms with E-state index in [2.05, 4.69) is 71.5 Å². The van der Waals surface area contributed by atoms with Crippen LogP contribution in [-0.4, -0.2) is 22.2 Å². The molecular weight excluding hydrogens is 544 g/mol. The van der Waals surface area contributed by atoms with Crippen LogP contribution < -0.4 is 0 Å². The molecule has 5 aliphatic carbocycles. The van der Waals surface area contributed by atoms with E-state index in [9.17, 15) is 19.8 Å². The molecule has 8 atom stereocenters. The lowest BCUT2D eigenvalue weighted by Gasteiger charge is -2.59. The summed E-state index contributed by atoms with van der Waals surface area (Å²) in [7, 11) is 0. The molecule has 0 saturated heterocycles. The van der Waals surface area contributed by atoms with Crippen molar-refractivity contribution in [2.45, 2.75) is 137 Å². The number of allylic oxidation sites excluding steroid dienone is 3. The van der Waals surface area contributed by atoms with Crippen molar-refractivity contribution in [3.05, 3.63) is 59.2 Å². The van der Waals surface area contributed by atoms with Gasteiger partial charge in [0, 0.05) is 5.41 Å². The van der Waals surface area contributed by atoms with E-state index >= 15 is 0 Å². The summed E-state index contributed by atoms with van der Waals surface area (Å²) in [4.78, 5) is 23.9. The third-order valence-corrected chi connectivity index (χ3v) is 13.9. The number of rotatable bonds is 4. The summed E-state index contributed by atoms with van der Waals surface area (Å²) in [5, 5.41) is 19.7. The molecule has 3 fully saturated rings. The Morgan fingerprint density at radius 1 is 0.841 bits per heavy atom. The number of aliphatic carboxylic acids is 2. The van der Waals surface area contributed by atoms with Crippen molar-refractivity contribution >= 4 is 11.9 Å². The van der Waals surface area contributed by atoms with Crippen molar-refractivity contribution in [2.24, 2.45) is 39.4 Å². The average molecular weight is 603 g/mol. The zero-order valence-corrected chi connectivity index (χ0v) is 28.6. The van der Waals surface area contributed by atoms with Crippen molar-refractivity contribution in [1.29, 1.82) is 0 Å². The van der Waals surface area contributed by atoms with Gasteiger partial charge in [-0.2, -0.15) is 0 Å². The SMILES string of the molecule is C=CC1(C)C=C2CCC3C(C)(C(=O)O)CCCC3(C)C2CC1.CC(C)c1ccc2c(c1)CCC1C(C)(C(=O)O)CCCC21C. The van der Waals surface area contributed by atoms with Gasteiger partial charge in [-0.1, -0.05) is 83.4 Å². The van der Waals surface area contributed by atoms with Crippen molar-refractivity contribution in [1.82, 2.24) is 0 Å². The zero-order valence-electron chi connectivity index (χ0n) is 28.6. The smallest absolute Gasteiger partial charge is 0.309 e. The summed E-state index contributed by atoms with van der Waals surface area (Å²) in [5.74, 6) is 0.517. The van der Waals surface area contributed by atoms with Crippen LogP contribution in [0.2, 0.25) is 0 Å². The molecule has 0 spiro atoms. The van der Waals surface area contributed by atoms with Crippen LogP contribution in [0, 0.1) is 39.4 Å². The summed E-state index contributed by atoms with van der Waals surface area (Å²) >= 11 is 0. The second-order valence-corrected chi connectivity index (χ2v) is 16.8. The molecule has 0 aromatic heterocycles. The van der Waals surface area contributed by atoms with E-state index in [0.717, 1.165) is 64.2 Å². The Balaban J connectivity index is 0.000000175. The van der Waals surface area contributed by atoms with Crippen LogP contribution in [0.15, 0.2) is 42.5 Å². The monoisotopic (exact) mass is 602 g/mol. The van der Waals surface area contributed by atoms with Gasteiger partial charge in [-0.25, -0.2) is 0 Å². The first-order chi connectivity index (χ1) is 20.5. The number of carbonyl (C=O) groups is 2. The van der Waals surface area contributed by atoms with Crippen LogP contribution in [0.1, 0.15) is 142 Å². The molecule has 5 aliphatic rings. The van der Waals surface area contributed by atoms with Gasteiger partial charge in [0.05, 0.1) is 10.8 Å². The quantitative estimate of drug-likeness (QED) is 0.336. The third-order valence-electron chi connectivity index (χ3n) is 13.9. The van der Waals surface area contributed by atoms with E-state index in [4.69, 9.17) is 0 Å². The molecule has 0 bridgehead atoms. The highest BCUT2D eigenvalue weighted by atomic mass is 16.4. The maximum Gasteiger partial charge on any atom is 0.309 e. The predicted molar refractivity (Wildman–Crippen MR) is 179 cm³/mol. The fourth-order valence-electron chi connectivity index (χ4n) is 11.1. The molecule has 3 saturated carbocycles. The molecular formula is C40H58O4. The minimum Gasteiger partial charge on any atom is -0.481 e. The average Bonchev–Trinajstić information content (AvgIpc) is 2.96. The number of hydrogen-bond acceptors (Lipinski definition) is 2. The molecule has 4 heteroatoms. The van der Waals surface area contributed by atoms with Gasteiger partial charge in [-0.3, -0.25) is 9.59 Å². The third kappa shape index (κ3) is 5.20. The van der Waals surface area contributed by atoms with Crippen LogP contribution in [0.4, 0.5) is 0 Å². The normalized spacial score (nSPS) is 41.0. The molecule has 1 aromatic carbocycles. The van der Waals surface area contributed by atoms with Crippen LogP contribution >= 0.6 is 0 Å². The number of hydrogen-bond donors (Lipinski definition) is 2. The second kappa shape index (κ2) is 11.5. The number of carboxylic acid groups (broad SMARTS) is 2.